The normalized spacial score (nSPS) is 11.4. The summed E-state index contributed by atoms with van der Waals surface area (Å²) in [6.45, 7) is 5.93. The molecule has 3 aromatic rings. The quantitative estimate of drug-likeness (QED) is 0.403. The molecule has 0 amide bonds. The molecule has 0 heterocycles. The molecule has 0 fully saturated rings. The first-order chi connectivity index (χ1) is 13.2. The van der Waals surface area contributed by atoms with Crippen molar-refractivity contribution in [3.05, 3.63) is 103 Å². The van der Waals surface area contributed by atoms with Crippen molar-refractivity contribution in [1.82, 2.24) is 0 Å². The molecule has 1 atom stereocenters. The highest BCUT2D eigenvalue weighted by molar-refractivity contribution is 5.90. The minimum atomic E-state index is -0.349. The summed E-state index contributed by atoms with van der Waals surface area (Å²) in [6, 6.07) is 25.3. The van der Waals surface area contributed by atoms with E-state index in [-0.39, 0.29) is 12.1 Å². The van der Waals surface area contributed by atoms with Crippen molar-refractivity contribution >= 4 is 5.97 Å². The lowest BCUT2D eigenvalue weighted by Crippen LogP contribution is -2.12. The van der Waals surface area contributed by atoms with E-state index >= 15 is 0 Å². The van der Waals surface area contributed by atoms with E-state index in [4.69, 9.17) is 9.47 Å². The molecular weight excluding hydrogens is 336 g/mol. The standard InChI is InChI=1S/C24H22O3/c1-3-18(2)27-24(25)22-11-9-20(10-12-22)21-13-15-23(16-14-21)26-17-19-7-5-4-6-8-19/h3-16,18H,1,17H2,2H3. The molecule has 0 saturated carbocycles. The van der Waals surface area contributed by atoms with Gasteiger partial charge in [0.05, 0.1) is 5.56 Å². The summed E-state index contributed by atoms with van der Waals surface area (Å²) >= 11 is 0. The van der Waals surface area contributed by atoms with Gasteiger partial charge in [-0.2, -0.15) is 0 Å². The minimum Gasteiger partial charge on any atom is -0.489 e. The minimum absolute atomic E-state index is 0.305. The first kappa shape index (κ1) is 18.5. The monoisotopic (exact) mass is 358 g/mol. The molecule has 3 heteroatoms. The first-order valence-corrected chi connectivity index (χ1v) is 8.86. The molecule has 0 radical (unpaired) electrons. The molecule has 0 aliphatic rings. The molecule has 3 rings (SSSR count). The van der Waals surface area contributed by atoms with Crippen LogP contribution in [0.5, 0.6) is 5.75 Å². The summed E-state index contributed by atoms with van der Waals surface area (Å²) in [4.78, 5) is 12.0. The molecule has 0 saturated heterocycles. The summed E-state index contributed by atoms with van der Waals surface area (Å²) in [6.07, 6.45) is 1.29. The van der Waals surface area contributed by atoms with Crippen LogP contribution in [-0.2, 0) is 11.3 Å². The number of esters is 1. The topological polar surface area (TPSA) is 35.5 Å². The number of hydrogen-bond acceptors (Lipinski definition) is 3. The highest BCUT2D eigenvalue weighted by Gasteiger charge is 2.10. The Bertz CT molecular complexity index is 881. The Morgan fingerprint density at radius 3 is 2.11 bits per heavy atom. The SMILES string of the molecule is C=CC(C)OC(=O)c1ccc(-c2ccc(OCc3ccccc3)cc2)cc1. The number of rotatable bonds is 7. The van der Waals surface area contributed by atoms with E-state index < -0.39 is 0 Å². The van der Waals surface area contributed by atoms with Crippen LogP contribution in [0, 0.1) is 0 Å². The van der Waals surface area contributed by atoms with Crippen LogP contribution in [0.4, 0.5) is 0 Å². The van der Waals surface area contributed by atoms with Gasteiger partial charge in [-0.05, 0) is 47.9 Å². The predicted octanol–water partition coefficient (Wildman–Crippen LogP) is 5.66. The lowest BCUT2D eigenvalue weighted by molar-refractivity contribution is 0.0425. The second kappa shape index (κ2) is 8.86. The molecule has 0 aliphatic heterocycles. The largest absolute Gasteiger partial charge is 0.489 e. The smallest absolute Gasteiger partial charge is 0.338 e. The lowest BCUT2D eigenvalue weighted by atomic mass is 10.0. The number of ether oxygens (including phenoxy) is 2. The molecule has 1 unspecified atom stereocenters. The van der Waals surface area contributed by atoms with Crippen molar-refractivity contribution in [2.24, 2.45) is 0 Å². The zero-order chi connectivity index (χ0) is 19.1. The van der Waals surface area contributed by atoms with Gasteiger partial charge in [-0.3, -0.25) is 0 Å². The summed E-state index contributed by atoms with van der Waals surface area (Å²) in [5.74, 6) is 0.472. The van der Waals surface area contributed by atoms with E-state index in [0.29, 0.717) is 12.2 Å². The molecule has 0 N–H and O–H groups in total. The van der Waals surface area contributed by atoms with Crippen molar-refractivity contribution in [3.8, 4) is 16.9 Å². The Morgan fingerprint density at radius 1 is 0.926 bits per heavy atom. The fourth-order valence-corrected chi connectivity index (χ4v) is 2.57. The van der Waals surface area contributed by atoms with Crippen LogP contribution in [0.25, 0.3) is 11.1 Å². The van der Waals surface area contributed by atoms with Crippen LogP contribution in [0.3, 0.4) is 0 Å². The molecule has 3 nitrogen and oxygen atoms in total. The van der Waals surface area contributed by atoms with E-state index in [2.05, 4.69) is 6.58 Å². The second-order valence-corrected chi connectivity index (χ2v) is 6.22. The molecule has 0 aliphatic carbocycles. The van der Waals surface area contributed by atoms with E-state index in [9.17, 15) is 4.79 Å². The third-order valence-corrected chi connectivity index (χ3v) is 4.18. The van der Waals surface area contributed by atoms with Crippen molar-refractivity contribution in [2.75, 3.05) is 0 Å². The van der Waals surface area contributed by atoms with Gasteiger partial charge < -0.3 is 9.47 Å². The number of carbonyl (C=O) groups is 1. The Balaban J connectivity index is 1.63. The second-order valence-electron chi connectivity index (χ2n) is 6.22. The maximum Gasteiger partial charge on any atom is 0.338 e. The third kappa shape index (κ3) is 5.08. The maximum absolute atomic E-state index is 12.0. The van der Waals surface area contributed by atoms with Crippen LogP contribution in [0.15, 0.2) is 91.5 Å². The zero-order valence-corrected chi connectivity index (χ0v) is 15.3. The fourth-order valence-electron chi connectivity index (χ4n) is 2.57. The van der Waals surface area contributed by atoms with Crippen molar-refractivity contribution in [1.29, 1.82) is 0 Å². The van der Waals surface area contributed by atoms with Gasteiger partial charge in [-0.25, -0.2) is 4.79 Å². The summed E-state index contributed by atoms with van der Waals surface area (Å²) in [7, 11) is 0. The van der Waals surface area contributed by atoms with Crippen LogP contribution < -0.4 is 4.74 Å². The maximum atomic E-state index is 12.0. The average Bonchev–Trinajstić information content (AvgIpc) is 2.73. The zero-order valence-electron chi connectivity index (χ0n) is 15.3. The van der Waals surface area contributed by atoms with Crippen LogP contribution >= 0.6 is 0 Å². The van der Waals surface area contributed by atoms with E-state index in [1.54, 1.807) is 25.1 Å². The number of carbonyl (C=O) groups excluding carboxylic acids is 1. The Hall–Kier alpha value is -3.33. The predicted molar refractivity (Wildman–Crippen MR) is 108 cm³/mol. The Labute approximate surface area is 159 Å². The lowest BCUT2D eigenvalue weighted by Gasteiger charge is -2.10. The van der Waals surface area contributed by atoms with Gasteiger partial charge in [0, 0.05) is 0 Å². The summed E-state index contributed by atoms with van der Waals surface area (Å²) < 4.78 is 11.0. The van der Waals surface area contributed by atoms with Gasteiger partial charge in [0.2, 0.25) is 0 Å². The van der Waals surface area contributed by atoms with Gasteiger partial charge >= 0.3 is 5.97 Å². The molecule has 3 aromatic carbocycles. The average molecular weight is 358 g/mol. The molecule has 0 spiro atoms. The summed E-state index contributed by atoms with van der Waals surface area (Å²) in [5, 5.41) is 0. The van der Waals surface area contributed by atoms with E-state index in [0.717, 1.165) is 22.4 Å². The highest BCUT2D eigenvalue weighted by atomic mass is 16.5. The van der Waals surface area contributed by atoms with Gasteiger partial charge in [0.25, 0.3) is 0 Å². The highest BCUT2D eigenvalue weighted by Crippen LogP contribution is 2.23. The van der Waals surface area contributed by atoms with Gasteiger partial charge in [0.1, 0.15) is 18.5 Å². The molecule has 136 valence electrons. The van der Waals surface area contributed by atoms with Gasteiger partial charge in [0.15, 0.2) is 0 Å². The number of benzene rings is 3. The van der Waals surface area contributed by atoms with Crippen molar-refractivity contribution < 1.29 is 14.3 Å². The molecule has 27 heavy (non-hydrogen) atoms. The molecule has 0 aromatic heterocycles. The third-order valence-electron chi connectivity index (χ3n) is 4.18. The Kier molecular flexibility index (Phi) is 6.06. The van der Waals surface area contributed by atoms with Crippen LogP contribution in [0.1, 0.15) is 22.8 Å². The van der Waals surface area contributed by atoms with Crippen molar-refractivity contribution in [2.45, 2.75) is 19.6 Å². The van der Waals surface area contributed by atoms with E-state index in [1.807, 2.05) is 66.7 Å². The van der Waals surface area contributed by atoms with Gasteiger partial charge in [-0.15, -0.1) is 0 Å². The molecule has 0 bridgehead atoms. The van der Waals surface area contributed by atoms with Gasteiger partial charge in [-0.1, -0.05) is 67.3 Å². The fraction of sp³-hybridized carbons (Fsp3) is 0.125. The Morgan fingerprint density at radius 2 is 1.52 bits per heavy atom. The number of hydrogen-bond donors (Lipinski definition) is 0. The van der Waals surface area contributed by atoms with E-state index in [1.165, 1.54) is 0 Å². The van der Waals surface area contributed by atoms with Crippen LogP contribution in [-0.4, -0.2) is 12.1 Å². The summed E-state index contributed by atoms with van der Waals surface area (Å²) in [5.41, 5.74) is 3.74. The first-order valence-electron chi connectivity index (χ1n) is 8.86. The van der Waals surface area contributed by atoms with Crippen molar-refractivity contribution in [3.63, 3.8) is 0 Å². The van der Waals surface area contributed by atoms with Crippen LogP contribution in [0.2, 0.25) is 0 Å². The molecular formula is C24H22O3.